The van der Waals surface area contributed by atoms with Gasteiger partial charge in [-0.25, -0.2) is 0 Å². The molecule has 0 heteroatoms. The van der Waals surface area contributed by atoms with E-state index in [1.54, 1.807) is 0 Å². The fourth-order valence-corrected chi connectivity index (χ4v) is 1.30. The van der Waals surface area contributed by atoms with Crippen LogP contribution in [0.2, 0.25) is 0 Å². The monoisotopic (exact) mass is 187 g/mol. The van der Waals surface area contributed by atoms with Gasteiger partial charge in [0.25, 0.3) is 0 Å². The van der Waals surface area contributed by atoms with Crippen molar-refractivity contribution < 1.29 is 0 Å². The van der Waals surface area contributed by atoms with Gasteiger partial charge < -0.3 is 0 Å². The lowest BCUT2D eigenvalue weighted by atomic mass is 10.2. The van der Waals surface area contributed by atoms with Gasteiger partial charge in [0.05, 0.1) is 0 Å². The first-order valence-corrected chi connectivity index (χ1v) is 5.43. The quantitative estimate of drug-likeness (QED) is 0.494. The normalized spacial score (nSPS) is 28.6. The van der Waals surface area contributed by atoms with Crippen LogP contribution in [0.1, 0.15) is 32.1 Å². The summed E-state index contributed by atoms with van der Waals surface area (Å²) >= 11 is 0. The van der Waals surface area contributed by atoms with Gasteiger partial charge in [-0.05, 0) is 38.5 Å². The molecule has 0 unspecified atom stereocenters. The molecule has 0 aliphatic heterocycles. The predicted molar refractivity (Wildman–Crippen MR) is 63.9 cm³/mol. The molecule has 0 N–H and O–H groups in total. The zero-order valence-electron chi connectivity index (χ0n) is 8.73. The Bertz CT molecular complexity index is 228. The van der Waals surface area contributed by atoms with E-state index in [1.807, 2.05) is 0 Å². The van der Waals surface area contributed by atoms with Gasteiger partial charge in [-0.2, -0.15) is 0 Å². The minimum atomic E-state index is 1.05. The van der Waals surface area contributed by atoms with Gasteiger partial charge in [-0.15, -0.1) is 0 Å². The van der Waals surface area contributed by atoms with Crippen molar-refractivity contribution in [3.05, 3.63) is 55.0 Å². The minimum Gasteiger partial charge on any atom is -0.0882 e. The van der Waals surface area contributed by atoms with E-state index in [2.05, 4.69) is 55.0 Å². The Labute approximate surface area is 87.7 Å². The Morgan fingerprint density at radius 1 is 0.500 bits per heavy atom. The summed E-state index contributed by atoms with van der Waals surface area (Å²) in [5.41, 5.74) is 0. The summed E-state index contributed by atoms with van der Waals surface area (Å²) in [7, 11) is 0. The molecule has 0 aromatic heterocycles. The molecule has 1 radical (unpaired) electrons. The predicted octanol–water partition coefficient (Wildman–Crippen LogP) is 4.38. The number of hydrogen-bond acceptors (Lipinski definition) is 0. The van der Waals surface area contributed by atoms with Crippen molar-refractivity contribution in [3.63, 3.8) is 0 Å². The van der Waals surface area contributed by atoms with Crippen LogP contribution in [0.25, 0.3) is 0 Å². The van der Waals surface area contributed by atoms with Gasteiger partial charge in [0.1, 0.15) is 0 Å². The fraction of sp³-hybridized carbons (Fsp3) is 0.357. The number of allylic oxidation sites excluding steroid dienone is 8. The van der Waals surface area contributed by atoms with Gasteiger partial charge in [-0.1, -0.05) is 48.6 Å². The number of hydrogen-bond donors (Lipinski definition) is 0. The molecule has 0 aromatic rings. The summed E-state index contributed by atoms with van der Waals surface area (Å²) in [4.78, 5) is 0. The maximum atomic E-state index is 2.29. The molecule has 0 nitrogen and oxygen atoms in total. The molecular weight excluding hydrogens is 168 g/mol. The molecule has 0 aromatic carbocycles. The molecule has 1 aliphatic rings. The van der Waals surface area contributed by atoms with Crippen LogP contribution in [-0.4, -0.2) is 0 Å². The summed E-state index contributed by atoms with van der Waals surface area (Å²) in [6.45, 7) is 0. The molecule has 0 spiro atoms. The second-order valence-corrected chi connectivity index (χ2v) is 3.37. The average Bonchev–Trinajstić information content (AvgIpc) is 2.22. The molecular formula is C14H19. The van der Waals surface area contributed by atoms with Crippen LogP contribution < -0.4 is 0 Å². The maximum absolute atomic E-state index is 2.29. The average molecular weight is 187 g/mol. The highest BCUT2D eigenvalue weighted by molar-refractivity contribution is 5.06. The van der Waals surface area contributed by atoms with Crippen molar-refractivity contribution in [2.75, 3.05) is 0 Å². The van der Waals surface area contributed by atoms with Crippen LogP contribution in [0.5, 0.6) is 0 Å². The molecule has 0 bridgehead atoms. The van der Waals surface area contributed by atoms with Crippen LogP contribution >= 0.6 is 0 Å². The van der Waals surface area contributed by atoms with Crippen LogP contribution in [0, 0.1) is 6.42 Å². The molecule has 0 saturated carbocycles. The molecule has 75 valence electrons. The molecule has 0 amide bonds. The second-order valence-electron chi connectivity index (χ2n) is 3.37. The largest absolute Gasteiger partial charge is 0.0882 e. The van der Waals surface area contributed by atoms with Crippen molar-refractivity contribution in [2.24, 2.45) is 0 Å². The number of rotatable bonds is 0. The first kappa shape index (κ1) is 11.0. The van der Waals surface area contributed by atoms with Crippen molar-refractivity contribution in [2.45, 2.75) is 32.1 Å². The van der Waals surface area contributed by atoms with Crippen molar-refractivity contribution in [1.82, 2.24) is 0 Å². The van der Waals surface area contributed by atoms with Crippen molar-refractivity contribution >= 4 is 0 Å². The zero-order valence-corrected chi connectivity index (χ0v) is 8.73. The molecule has 14 heavy (non-hydrogen) atoms. The van der Waals surface area contributed by atoms with Gasteiger partial charge in [0.15, 0.2) is 0 Å². The van der Waals surface area contributed by atoms with E-state index in [1.165, 1.54) is 12.8 Å². The van der Waals surface area contributed by atoms with Gasteiger partial charge in [-0.3, -0.25) is 0 Å². The van der Waals surface area contributed by atoms with Gasteiger partial charge in [0.2, 0.25) is 0 Å². The smallest absolute Gasteiger partial charge is 0.0166 e. The van der Waals surface area contributed by atoms with Gasteiger partial charge >= 0.3 is 0 Å². The van der Waals surface area contributed by atoms with Crippen LogP contribution in [-0.2, 0) is 0 Å². The summed E-state index contributed by atoms with van der Waals surface area (Å²) < 4.78 is 0. The molecule has 1 rings (SSSR count). The van der Waals surface area contributed by atoms with E-state index in [-0.39, 0.29) is 0 Å². The molecule has 1 aliphatic carbocycles. The van der Waals surface area contributed by atoms with E-state index < -0.39 is 0 Å². The third-order valence-electron chi connectivity index (χ3n) is 2.09. The molecule has 0 heterocycles. The lowest BCUT2D eigenvalue weighted by molar-refractivity contribution is 1.02. The molecule has 0 saturated heterocycles. The van der Waals surface area contributed by atoms with E-state index in [0.29, 0.717) is 0 Å². The van der Waals surface area contributed by atoms with Crippen LogP contribution in [0.3, 0.4) is 0 Å². The minimum absolute atomic E-state index is 1.05. The Hall–Kier alpha value is -1.04. The third kappa shape index (κ3) is 6.47. The van der Waals surface area contributed by atoms with E-state index >= 15 is 0 Å². The fourth-order valence-electron chi connectivity index (χ4n) is 1.30. The second kappa shape index (κ2) is 8.55. The summed E-state index contributed by atoms with van der Waals surface area (Å²) in [6.07, 6.45) is 25.5. The van der Waals surface area contributed by atoms with Gasteiger partial charge in [0, 0.05) is 0 Å². The first-order valence-electron chi connectivity index (χ1n) is 5.43. The first-order chi connectivity index (χ1) is 7.00. The van der Waals surface area contributed by atoms with E-state index in [0.717, 1.165) is 19.3 Å². The van der Waals surface area contributed by atoms with E-state index in [9.17, 15) is 0 Å². The molecule has 0 fully saturated rings. The summed E-state index contributed by atoms with van der Waals surface area (Å²) in [5, 5.41) is 0. The Morgan fingerprint density at radius 2 is 1.07 bits per heavy atom. The zero-order chi connectivity index (χ0) is 9.90. The maximum Gasteiger partial charge on any atom is -0.0166 e. The van der Waals surface area contributed by atoms with Crippen molar-refractivity contribution in [1.29, 1.82) is 0 Å². The third-order valence-corrected chi connectivity index (χ3v) is 2.09. The highest BCUT2D eigenvalue weighted by Crippen LogP contribution is 2.01. The Morgan fingerprint density at radius 3 is 1.86 bits per heavy atom. The topological polar surface area (TPSA) is 0 Å². The standard InChI is InChI=1S/C14H19/c1-2-4-6-8-10-12-14-13-11-9-7-5-3-1/h1-4,7-9,12,14H,5-6,10-11,13H2/b3-1+,4-2-,9-7+,14-12+. The summed E-state index contributed by atoms with van der Waals surface area (Å²) in [6, 6.07) is 0. The van der Waals surface area contributed by atoms with Crippen LogP contribution in [0.4, 0.5) is 0 Å². The van der Waals surface area contributed by atoms with Crippen LogP contribution in [0.15, 0.2) is 48.6 Å². The molecule has 0 atom stereocenters. The van der Waals surface area contributed by atoms with E-state index in [4.69, 9.17) is 0 Å². The Balaban J connectivity index is 2.34. The lowest BCUT2D eigenvalue weighted by Crippen LogP contribution is -1.72. The Kier molecular flexibility index (Phi) is 6.74. The van der Waals surface area contributed by atoms with Crippen molar-refractivity contribution in [3.8, 4) is 0 Å². The lowest BCUT2D eigenvalue weighted by Gasteiger charge is -1.91. The highest BCUT2D eigenvalue weighted by atomic mass is 13.9. The SMILES string of the molecule is [CH]1C/C=C\C=C\C/C=C/CC/C=C/C1. The highest BCUT2D eigenvalue weighted by Gasteiger charge is 1.82. The summed E-state index contributed by atoms with van der Waals surface area (Å²) in [5.74, 6) is 0.